The van der Waals surface area contributed by atoms with E-state index in [1.54, 1.807) is 12.3 Å². The molecule has 0 atom stereocenters. The molecule has 0 aliphatic carbocycles. The van der Waals surface area contributed by atoms with Crippen LogP contribution in [-0.4, -0.2) is 33.0 Å². The predicted molar refractivity (Wildman–Crippen MR) is 85.8 cm³/mol. The van der Waals surface area contributed by atoms with Crippen molar-refractivity contribution >= 4 is 29.2 Å². The first kappa shape index (κ1) is 14.6. The number of nitrogens with zero attached hydrogens (tertiary/aromatic N) is 4. The third kappa shape index (κ3) is 2.86. The lowest BCUT2D eigenvalue weighted by Gasteiger charge is -2.09. The number of ether oxygens (including phenoxy) is 1. The number of amides is 1. The maximum atomic E-state index is 10.7. The van der Waals surface area contributed by atoms with Crippen molar-refractivity contribution in [3.05, 3.63) is 30.5 Å². The number of nitrogens with two attached hydrogens (primary N) is 1. The van der Waals surface area contributed by atoms with Gasteiger partial charge in [-0.15, -0.1) is 0 Å². The number of hydrogen-bond acceptors (Lipinski definition) is 7. The molecule has 2 heterocycles. The Morgan fingerprint density at radius 1 is 1.26 bits per heavy atom. The normalized spacial score (nSPS) is 10.5. The molecule has 1 aromatic carbocycles. The summed E-state index contributed by atoms with van der Waals surface area (Å²) in [6.45, 7) is 2.26. The topological polar surface area (TPSA) is 116 Å². The number of benzene rings is 1. The van der Waals surface area contributed by atoms with E-state index in [0.717, 1.165) is 5.56 Å². The summed E-state index contributed by atoms with van der Waals surface area (Å²) in [4.78, 5) is 27.7. The van der Waals surface area contributed by atoms with Crippen molar-refractivity contribution in [1.82, 2.24) is 19.9 Å². The number of carbonyl (C=O) groups is 1. The van der Waals surface area contributed by atoms with E-state index in [4.69, 9.17) is 10.5 Å². The molecular formula is C15H14N6O2. The molecule has 0 unspecified atom stereocenters. The van der Waals surface area contributed by atoms with Gasteiger partial charge in [-0.05, 0) is 13.0 Å². The molecule has 0 bridgehead atoms. The fourth-order valence-corrected chi connectivity index (χ4v) is 2.16. The van der Waals surface area contributed by atoms with Gasteiger partial charge in [0.25, 0.3) is 0 Å². The van der Waals surface area contributed by atoms with E-state index in [-0.39, 0.29) is 11.8 Å². The zero-order chi connectivity index (χ0) is 16.2. The van der Waals surface area contributed by atoms with Gasteiger partial charge in [0.05, 0.1) is 18.5 Å². The smallest absolute Gasteiger partial charge is 0.247 e. The SMILES string of the molecule is CCOc1nc(N)nc2ncc(-c3ccccc3NC=O)nc12. The number of carbonyl (C=O) groups excluding carboxylic acids is 1. The highest BCUT2D eigenvalue weighted by Crippen LogP contribution is 2.28. The summed E-state index contributed by atoms with van der Waals surface area (Å²) in [6.07, 6.45) is 2.18. The molecule has 0 aliphatic heterocycles. The second kappa shape index (κ2) is 6.22. The van der Waals surface area contributed by atoms with Crippen LogP contribution in [0.1, 0.15) is 6.92 Å². The van der Waals surface area contributed by atoms with Crippen molar-refractivity contribution in [1.29, 1.82) is 0 Å². The van der Waals surface area contributed by atoms with Gasteiger partial charge in [-0.2, -0.15) is 9.97 Å². The molecule has 3 rings (SSSR count). The maximum Gasteiger partial charge on any atom is 0.247 e. The number of para-hydroxylation sites is 1. The van der Waals surface area contributed by atoms with Gasteiger partial charge < -0.3 is 15.8 Å². The molecule has 2 aromatic heterocycles. The zero-order valence-electron chi connectivity index (χ0n) is 12.4. The molecular weight excluding hydrogens is 296 g/mol. The minimum Gasteiger partial charge on any atom is -0.476 e. The molecule has 0 saturated carbocycles. The van der Waals surface area contributed by atoms with Crippen molar-refractivity contribution in [3.63, 3.8) is 0 Å². The van der Waals surface area contributed by atoms with Crippen LogP contribution in [-0.2, 0) is 4.79 Å². The number of nitrogens with one attached hydrogen (secondary N) is 1. The number of aromatic nitrogens is 4. The number of hydrogen-bond donors (Lipinski definition) is 2. The van der Waals surface area contributed by atoms with Crippen LogP contribution in [0.25, 0.3) is 22.4 Å². The quantitative estimate of drug-likeness (QED) is 0.688. The van der Waals surface area contributed by atoms with Gasteiger partial charge >= 0.3 is 0 Å². The van der Waals surface area contributed by atoms with Gasteiger partial charge in [0.1, 0.15) is 0 Å². The van der Waals surface area contributed by atoms with E-state index in [1.165, 1.54) is 0 Å². The Hall–Kier alpha value is -3.29. The van der Waals surface area contributed by atoms with E-state index in [2.05, 4.69) is 25.3 Å². The molecule has 3 N–H and O–H groups in total. The second-order valence-electron chi connectivity index (χ2n) is 4.56. The highest BCUT2D eigenvalue weighted by atomic mass is 16.5. The summed E-state index contributed by atoms with van der Waals surface area (Å²) in [7, 11) is 0. The molecule has 3 aromatic rings. The average Bonchev–Trinajstić information content (AvgIpc) is 2.56. The second-order valence-corrected chi connectivity index (χ2v) is 4.56. The molecule has 0 saturated heterocycles. The van der Waals surface area contributed by atoms with E-state index >= 15 is 0 Å². The van der Waals surface area contributed by atoms with Crippen LogP contribution in [0.15, 0.2) is 30.5 Å². The van der Waals surface area contributed by atoms with Crippen LogP contribution in [0, 0.1) is 0 Å². The summed E-state index contributed by atoms with van der Waals surface area (Å²) >= 11 is 0. The highest BCUT2D eigenvalue weighted by Gasteiger charge is 2.13. The van der Waals surface area contributed by atoms with E-state index < -0.39 is 0 Å². The van der Waals surface area contributed by atoms with Crippen LogP contribution >= 0.6 is 0 Å². The average molecular weight is 310 g/mol. The van der Waals surface area contributed by atoms with E-state index in [9.17, 15) is 4.79 Å². The lowest BCUT2D eigenvalue weighted by atomic mass is 10.1. The number of anilines is 2. The molecule has 23 heavy (non-hydrogen) atoms. The predicted octanol–water partition coefficient (Wildman–Crippen LogP) is 1.64. The fourth-order valence-electron chi connectivity index (χ4n) is 2.16. The minimum atomic E-state index is 0.0750. The van der Waals surface area contributed by atoms with Crippen LogP contribution in [0.4, 0.5) is 11.6 Å². The Bertz CT molecular complexity index is 868. The summed E-state index contributed by atoms with van der Waals surface area (Å²) < 4.78 is 5.46. The molecule has 8 heteroatoms. The highest BCUT2D eigenvalue weighted by molar-refractivity contribution is 5.86. The van der Waals surface area contributed by atoms with Crippen molar-refractivity contribution in [2.24, 2.45) is 0 Å². The summed E-state index contributed by atoms with van der Waals surface area (Å²) in [5, 5.41) is 2.64. The molecule has 0 radical (unpaired) electrons. The first-order chi connectivity index (χ1) is 11.2. The van der Waals surface area contributed by atoms with Gasteiger partial charge in [0.2, 0.25) is 18.2 Å². The first-order valence-corrected chi connectivity index (χ1v) is 6.95. The van der Waals surface area contributed by atoms with Crippen LogP contribution in [0.5, 0.6) is 5.88 Å². The summed E-state index contributed by atoms with van der Waals surface area (Å²) in [5.74, 6) is 0.358. The Morgan fingerprint density at radius 3 is 2.87 bits per heavy atom. The summed E-state index contributed by atoms with van der Waals surface area (Å²) in [5.41, 5.74) is 8.34. The van der Waals surface area contributed by atoms with Gasteiger partial charge in [-0.25, -0.2) is 9.97 Å². The van der Waals surface area contributed by atoms with Crippen molar-refractivity contribution < 1.29 is 9.53 Å². The number of nitrogen functional groups attached to an aromatic ring is 1. The fraction of sp³-hybridized carbons (Fsp3) is 0.133. The zero-order valence-corrected chi connectivity index (χ0v) is 12.4. The Balaban J connectivity index is 2.18. The molecule has 0 fully saturated rings. The molecule has 0 spiro atoms. The number of rotatable bonds is 5. The Morgan fingerprint density at radius 2 is 2.09 bits per heavy atom. The van der Waals surface area contributed by atoms with Crippen LogP contribution < -0.4 is 15.8 Å². The third-order valence-electron chi connectivity index (χ3n) is 3.09. The lowest BCUT2D eigenvalue weighted by molar-refractivity contribution is -0.105. The molecule has 1 amide bonds. The van der Waals surface area contributed by atoms with Crippen LogP contribution in [0.3, 0.4) is 0 Å². The maximum absolute atomic E-state index is 10.7. The number of fused-ring (bicyclic) bond motifs is 1. The Labute approximate surface area is 131 Å². The van der Waals surface area contributed by atoms with Gasteiger partial charge in [-0.3, -0.25) is 4.79 Å². The van der Waals surface area contributed by atoms with Crippen molar-refractivity contribution in [3.8, 4) is 17.1 Å². The van der Waals surface area contributed by atoms with Crippen molar-refractivity contribution in [2.75, 3.05) is 17.7 Å². The molecule has 8 nitrogen and oxygen atoms in total. The third-order valence-corrected chi connectivity index (χ3v) is 3.09. The van der Waals surface area contributed by atoms with Gasteiger partial charge in [-0.1, -0.05) is 18.2 Å². The monoisotopic (exact) mass is 310 g/mol. The molecule has 0 aliphatic rings. The molecule has 116 valence electrons. The Kier molecular flexibility index (Phi) is 3.96. The lowest BCUT2D eigenvalue weighted by Crippen LogP contribution is -2.04. The van der Waals surface area contributed by atoms with Crippen molar-refractivity contribution in [2.45, 2.75) is 6.92 Å². The van der Waals surface area contributed by atoms with Gasteiger partial charge in [0, 0.05) is 11.3 Å². The van der Waals surface area contributed by atoms with Crippen LogP contribution in [0.2, 0.25) is 0 Å². The first-order valence-electron chi connectivity index (χ1n) is 6.95. The van der Waals surface area contributed by atoms with Gasteiger partial charge in [0.15, 0.2) is 11.2 Å². The minimum absolute atomic E-state index is 0.0750. The summed E-state index contributed by atoms with van der Waals surface area (Å²) in [6, 6.07) is 7.28. The largest absolute Gasteiger partial charge is 0.476 e. The van der Waals surface area contributed by atoms with E-state index in [1.807, 2.05) is 25.1 Å². The van der Waals surface area contributed by atoms with E-state index in [0.29, 0.717) is 35.6 Å². The standard InChI is InChI=1S/C15H14N6O2/c1-2-23-14-12-13(20-15(16)21-14)17-7-11(19-12)9-5-3-4-6-10(9)18-8-22/h3-8H,2H2,1H3,(H,18,22)(H2,16,17,20,21).